The summed E-state index contributed by atoms with van der Waals surface area (Å²) < 4.78 is 18.4. The summed E-state index contributed by atoms with van der Waals surface area (Å²) >= 11 is 0. The first-order valence-corrected chi connectivity index (χ1v) is 8.84. The van der Waals surface area contributed by atoms with Crippen molar-refractivity contribution in [2.24, 2.45) is 5.92 Å². The normalized spacial score (nSPS) is 16.9. The molecule has 0 aliphatic carbocycles. The number of nitrogens with one attached hydrogen (secondary N) is 2. The number of benzene rings is 2. The number of hydrogen-bond donors (Lipinski definition) is 2. The van der Waals surface area contributed by atoms with Crippen LogP contribution in [-0.4, -0.2) is 24.1 Å². The Kier molecular flexibility index (Phi) is 4.47. The maximum Gasteiger partial charge on any atom is 0.225 e. The van der Waals surface area contributed by atoms with Gasteiger partial charge in [0.15, 0.2) is 0 Å². The number of halogens is 1. The van der Waals surface area contributed by atoms with E-state index in [2.05, 4.69) is 23.3 Å². The lowest BCUT2D eigenvalue weighted by Gasteiger charge is -2.09. The molecule has 4 rings (SSSR count). The summed E-state index contributed by atoms with van der Waals surface area (Å²) in [6.07, 6.45) is 0.794. The molecule has 5 heteroatoms. The van der Waals surface area contributed by atoms with Crippen LogP contribution in [0.5, 0.6) is 0 Å². The maximum absolute atomic E-state index is 13.2. The third kappa shape index (κ3) is 3.22. The molecular formula is C21H21FN2O2. The van der Waals surface area contributed by atoms with Crippen molar-refractivity contribution in [3.63, 3.8) is 0 Å². The fourth-order valence-electron chi connectivity index (χ4n) is 3.46. The summed E-state index contributed by atoms with van der Waals surface area (Å²) in [6.45, 7) is 3.74. The van der Waals surface area contributed by atoms with Crippen molar-refractivity contribution in [2.45, 2.75) is 19.9 Å². The van der Waals surface area contributed by atoms with Gasteiger partial charge in [-0.15, -0.1) is 0 Å². The molecule has 0 spiro atoms. The van der Waals surface area contributed by atoms with Crippen molar-refractivity contribution in [1.29, 1.82) is 0 Å². The molecule has 0 radical (unpaired) electrons. The Balaban J connectivity index is 1.56. The van der Waals surface area contributed by atoms with E-state index in [4.69, 9.17) is 4.74 Å². The lowest BCUT2D eigenvalue weighted by atomic mass is 10.0. The Morgan fingerprint density at radius 3 is 2.81 bits per heavy atom. The van der Waals surface area contributed by atoms with Crippen molar-refractivity contribution in [3.05, 3.63) is 59.4 Å². The molecule has 1 saturated heterocycles. The van der Waals surface area contributed by atoms with Gasteiger partial charge in [-0.25, -0.2) is 4.39 Å². The van der Waals surface area contributed by atoms with Gasteiger partial charge in [-0.3, -0.25) is 4.79 Å². The minimum Gasteiger partial charge on any atom is -0.381 e. The monoisotopic (exact) mass is 352 g/mol. The van der Waals surface area contributed by atoms with E-state index < -0.39 is 0 Å². The van der Waals surface area contributed by atoms with Crippen molar-refractivity contribution in [3.8, 4) is 11.3 Å². The van der Waals surface area contributed by atoms with Crippen LogP contribution in [0.3, 0.4) is 0 Å². The van der Waals surface area contributed by atoms with Crippen LogP contribution in [0.2, 0.25) is 0 Å². The molecule has 1 aliphatic rings. The number of amides is 1. The highest BCUT2D eigenvalue weighted by atomic mass is 19.1. The molecule has 1 amide bonds. The summed E-state index contributed by atoms with van der Waals surface area (Å²) in [5.41, 5.74) is 5.14. The highest BCUT2D eigenvalue weighted by molar-refractivity contribution is 5.91. The predicted molar refractivity (Wildman–Crippen MR) is 99.2 cm³/mol. The lowest BCUT2D eigenvalue weighted by molar-refractivity contribution is -0.125. The number of aromatic nitrogens is 1. The van der Waals surface area contributed by atoms with Gasteiger partial charge in [0.25, 0.3) is 0 Å². The molecular weight excluding hydrogens is 331 g/mol. The molecule has 0 bridgehead atoms. The number of hydrogen-bond acceptors (Lipinski definition) is 2. The van der Waals surface area contributed by atoms with Crippen LogP contribution in [0.4, 0.5) is 4.39 Å². The van der Waals surface area contributed by atoms with Gasteiger partial charge in [-0.05, 0) is 66.4 Å². The first-order chi connectivity index (χ1) is 12.6. The van der Waals surface area contributed by atoms with Crippen LogP contribution in [0.25, 0.3) is 22.2 Å². The van der Waals surface area contributed by atoms with E-state index in [9.17, 15) is 9.18 Å². The molecule has 1 fully saturated rings. The van der Waals surface area contributed by atoms with Crippen LogP contribution >= 0.6 is 0 Å². The van der Waals surface area contributed by atoms with Crippen molar-refractivity contribution >= 4 is 16.8 Å². The molecule has 26 heavy (non-hydrogen) atoms. The maximum atomic E-state index is 13.2. The number of rotatable bonds is 4. The number of carbonyl (C=O) groups is 1. The molecule has 0 saturated carbocycles. The first-order valence-electron chi connectivity index (χ1n) is 8.84. The lowest BCUT2D eigenvalue weighted by Crippen LogP contribution is -2.30. The first kappa shape index (κ1) is 16.8. The second-order valence-corrected chi connectivity index (χ2v) is 6.79. The van der Waals surface area contributed by atoms with Crippen LogP contribution in [0.1, 0.15) is 17.5 Å². The molecule has 0 unspecified atom stereocenters. The van der Waals surface area contributed by atoms with Crippen molar-refractivity contribution in [1.82, 2.24) is 10.3 Å². The van der Waals surface area contributed by atoms with Gasteiger partial charge in [-0.1, -0.05) is 6.07 Å². The minimum atomic E-state index is -0.242. The van der Waals surface area contributed by atoms with Crippen LogP contribution in [0.15, 0.2) is 42.5 Å². The van der Waals surface area contributed by atoms with Crippen LogP contribution in [-0.2, 0) is 16.1 Å². The Hall–Kier alpha value is -2.66. The quantitative estimate of drug-likeness (QED) is 0.747. The second-order valence-electron chi connectivity index (χ2n) is 6.79. The second kappa shape index (κ2) is 6.92. The van der Waals surface area contributed by atoms with E-state index in [-0.39, 0.29) is 17.6 Å². The molecule has 2 N–H and O–H groups in total. The Morgan fingerprint density at radius 2 is 2.08 bits per heavy atom. The molecule has 2 aromatic carbocycles. The highest BCUT2D eigenvalue weighted by Gasteiger charge is 2.23. The van der Waals surface area contributed by atoms with E-state index in [1.54, 1.807) is 12.1 Å². The fourth-order valence-corrected chi connectivity index (χ4v) is 3.46. The number of fused-ring (bicyclic) bond motifs is 1. The summed E-state index contributed by atoms with van der Waals surface area (Å²) in [5, 5.41) is 4.11. The zero-order chi connectivity index (χ0) is 18.1. The summed E-state index contributed by atoms with van der Waals surface area (Å²) in [4.78, 5) is 15.5. The van der Waals surface area contributed by atoms with Crippen molar-refractivity contribution in [2.75, 3.05) is 13.2 Å². The van der Waals surface area contributed by atoms with Gasteiger partial charge < -0.3 is 15.0 Å². The average molecular weight is 352 g/mol. The van der Waals surface area contributed by atoms with Gasteiger partial charge >= 0.3 is 0 Å². The van der Waals surface area contributed by atoms with E-state index in [0.717, 1.165) is 39.7 Å². The number of ether oxygens (including phenoxy) is 1. The molecule has 4 nitrogen and oxygen atoms in total. The molecule has 1 aromatic heterocycles. The van der Waals surface area contributed by atoms with Gasteiger partial charge in [0.1, 0.15) is 5.82 Å². The van der Waals surface area contributed by atoms with E-state index in [1.165, 1.54) is 12.1 Å². The van der Waals surface area contributed by atoms with E-state index >= 15 is 0 Å². The summed E-state index contributed by atoms with van der Waals surface area (Å²) in [7, 11) is 0. The molecule has 2 heterocycles. The van der Waals surface area contributed by atoms with Crippen LogP contribution in [0, 0.1) is 18.7 Å². The topological polar surface area (TPSA) is 54.1 Å². The van der Waals surface area contributed by atoms with Gasteiger partial charge in [0.05, 0.1) is 12.5 Å². The van der Waals surface area contributed by atoms with Crippen LogP contribution < -0.4 is 5.32 Å². The minimum absolute atomic E-state index is 0.0298. The Bertz CT molecular complexity index is 941. The smallest absolute Gasteiger partial charge is 0.225 e. The standard InChI is InChI=1S/C21H21FN2O2/c1-13-18-10-14(11-23-21(25)16-8-9-26-12-16)2-7-19(18)24-20(13)15-3-5-17(22)6-4-15/h2-7,10,16,24H,8-9,11-12H2,1H3,(H,23,25)/t16-/m0/s1. The van der Waals surface area contributed by atoms with E-state index in [1.807, 2.05) is 12.1 Å². The highest BCUT2D eigenvalue weighted by Crippen LogP contribution is 2.30. The van der Waals surface area contributed by atoms with Gasteiger partial charge in [-0.2, -0.15) is 0 Å². The Labute approximate surface area is 151 Å². The SMILES string of the molecule is Cc1c(-c2ccc(F)cc2)[nH]c2ccc(CNC(=O)[C@H]3CCOC3)cc12. The Morgan fingerprint density at radius 1 is 1.27 bits per heavy atom. The average Bonchev–Trinajstić information content (AvgIpc) is 3.29. The number of H-pyrrole nitrogens is 1. The third-order valence-corrected chi connectivity index (χ3v) is 5.02. The molecule has 1 aliphatic heterocycles. The van der Waals surface area contributed by atoms with Gasteiger partial charge in [0.2, 0.25) is 5.91 Å². The molecule has 1 atom stereocenters. The zero-order valence-corrected chi connectivity index (χ0v) is 14.6. The number of aryl methyl sites for hydroxylation is 1. The number of aromatic amines is 1. The summed E-state index contributed by atoms with van der Waals surface area (Å²) in [5.74, 6) is -0.216. The van der Waals surface area contributed by atoms with Gasteiger partial charge in [0, 0.05) is 29.7 Å². The molecule has 134 valence electrons. The summed E-state index contributed by atoms with van der Waals surface area (Å²) in [6, 6.07) is 12.6. The van der Waals surface area contributed by atoms with E-state index in [0.29, 0.717) is 19.8 Å². The third-order valence-electron chi connectivity index (χ3n) is 5.02. The predicted octanol–water partition coefficient (Wildman–Crippen LogP) is 3.94. The zero-order valence-electron chi connectivity index (χ0n) is 14.6. The van der Waals surface area contributed by atoms with Crippen molar-refractivity contribution < 1.29 is 13.9 Å². The number of carbonyl (C=O) groups excluding carboxylic acids is 1. The molecule has 3 aromatic rings. The fraction of sp³-hybridized carbons (Fsp3) is 0.286. The largest absolute Gasteiger partial charge is 0.381 e.